The Balaban J connectivity index is 1.75. The van der Waals surface area contributed by atoms with E-state index in [4.69, 9.17) is 5.73 Å². The average Bonchev–Trinajstić information content (AvgIpc) is 3.14. The predicted octanol–water partition coefficient (Wildman–Crippen LogP) is 2.01. The second kappa shape index (κ2) is 8.98. The van der Waals surface area contributed by atoms with Gasteiger partial charge in [-0.25, -0.2) is 14.3 Å². The van der Waals surface area contributed by atoms with Crippen LogP contribution in [-0.2, 0) is 7.05 Å². The smallest absolute Gasteiger partial charge is 0.327 e. The van der Waals surface area contributed by atoms with E-state index in [1.165, 1.54) is 4.57 Å². The van der Waals surface area contributed by atoms with Crippen LogP contribution in [0.3, 0.4) is 0 Å². The molecule has 2 unspecified atom stereocenters. The maximum absolute atomic E-state index is 14.1. The molecule has 0 bridgehead atoms. The third-order valence-corrected chi connectivity index (χ3v) is 7.04. The highest BCUT2D eigenvalue weighted by atomic mass is 16.2. The van der Waals surface area contributed by atoms with Crippen LogP contribution in [0.25, 0.3) is 16.6 Å². The third kappa shape index (κ3) is 3.84. The summed E-state index contributed by atoms with van der Waals surface area (Å²) in [5.41, 5.74) is 7.23. The van der Waals surface area contributed by atoms with Gasteiger partial charge in [0.2, 0.25) is 0 Å². The molecule has 3 aromatic rings. The van der Waals surface area contributed by atoms with Gasteiger partial charge in [-0.05, 0) is 38.1 Å². The van der Waals surface area contributed by atoms with E-state index in [1.807, 2.05) is 56.1 Å². The Labute approximate surface area is 204 Å². The lowest BCUT2D eigenvalue weighted by molar-refractivity contribution is 0.149. The van der Waals surface area contributed by atoms with Crippen molar-refractivity contribution in [3.8, 4) is 5.82 Å². The number of likely N-dealkylation sites (tertiary alicyclic amines) is 1. The van der Waals surface area contributed by atoms with E-state index in [-0.39, 0.29) is 17.9 Å². The SMILES string of the molecule is CC(C)=CCN1c2c(n(C)c(=O)n(-c3nccc4ccccc34)c2=O)N(C)C1N1CCCC(N)C1. The van der Waals surface area contributed by atoms with E-state index >= 15 is 0 Å². The van der Waals surface area contributed by atoms with E-state index in [0.29, 0.717) is 23.9 Å². The summed E-state index contributed by atoms with van der Waals surface area (Å²) in [5, 5.41) is 1.68. The van der Waals surface area contributed by atoms with Crippen LogP contribution < -0.4 is 26.8 Å². The normalized spacial score (nSPS) is 20.4. The molecule has 0 saturated carbocycles. The number of allylic oxidation sites excluding steroid dienone is 1. The zero-order chi connectivity index (χ0) is 24.9. The second-order valence-electron chi connectivity index (χ2n) is 9.80. The number of rotatable bonds is 4. The van der Waals surface area contributed by atoms with Crippen molar-refractivity contribution < 1.29 is 0 Å². The summed E-state index contributed by atoms with van der Waals surface area (Å²) in [6, 6.07) is 9.63. The fourth-order valence-electron chi connectivity index (χ4n) is 5.40. The summed E-state index contributed by atoms with van der Waals surface area (Å²) in [5.74, 6) is 0.965. The molecule has 1 saturated heterocycles. The van der Waals surface area contributed by atoms with Gasteiger partial charge >= 0.3 is 5.69 Å². The first-order valence-corrected chi connectivity index (χ1v) is 12.1. The summed E-state index contributed by atoms with van der Waals surface area (Å²) in [6.45, 7) is 6.26. The minimum absolute atomic E-state index is 0.0894. The molecule has 4 heterocycles. The zero-order valence-corrected chi connectivity index (χ0v) is 20.8. The molecule has 0 spiro atoms. The molecule has 184 valence electrons. The lowest BCUT2D eigenvalue weighted by atomic mass is 10.1. The summed E-state index contributed by atoms with van der Waals surface area (Å²) >= 11 is 0. The Morgan fingerprint density at radius 2 is 1.94 bits per heavy atom. The monoisotopic (exact) mass is 475 g/mol. The molecule has 0 aliphatic carbocycles. The molecule has 9 nitrogen and oxygen atoms in total. The van der Waals surface area contributed by atoms with Crippen molar-refractivity contribution in [2.24, 2.45) is 12.8 Å². The van der Waals surface area contributed by atoms with Crippen molar-refractivity contribution in [3.63, 3.8) is 0 Å². The highest BCUT2D eigenvalue weighted by Crippen LogP contribution is 2.37. The molecule has 2 atom stereocenters. The van der Waals surface area contributed by atoms with Gasteiger partial charge in [0.15, 0.2) is 12.1 Å². The molecule has 35 heavy (non-hydrogen) atoms. The number of aromatic nitrogens is 3. The van der Waals surface area contributed by atoms with Crippen LogP contribution >= 0.6 is 0 Å². The highest BCUT2D eigenvalue weighted by molar-refractivity contribution is 5.88. The molecular weight excluding hydrogens is 442 g/mol. The largest absolute Gasteiger partial charge is 0.338 e. The Morgan fingerprint density at radius 1 is 1.17 bits per heavy atom. The number of benzene rings is 1. The maximum Gasteiger partial charge on any atom is 0.338 e. The molecule has 2 aromatic heterocycles. The number of nitrogens with zero attached hydrogens (tertiary/aromatic N) is 6. The highest BCUT2D eigenvalue weighted by Gasteiger charge is 2.43. The molecule has 2 N–H and O–H groups in total. The predicted molar refractivity (Wildman–Crippen MR) is 140 cm³/mol. The van der Waals surface area contributed by atoms with Crippen LogP contribution in [-0.4, -0.2) is 58.0 Å². The number of hydrogen-bond donors (Lipinski definition) is 1. The number of anilines is 2. The summed E-state index contributed by atoms with van der Waals surface area (Å²) < 4.78 is 2.79. The summed E-state index contributed by atoms with van der Waals surface area (Å²) in [4.78, 5) is 38.7. The minimum atomic E-state index is -0.414. The number of fused-ring (bicyclic) bond motifs is 2. The van der Waals surface area contributed by atoms with Gasteiger partial charge in [0.1, 0.15) is 11.5 Å². The lowest BCUT2D eigenvalue weighted by Crippen LogP contribution is -2.59. The van der Waals surface area contributed by atoms with Crippen molar-refractivity contribution in [2.75, 3.05) is 36.5 Å². The first kappa shape index (κ1) is 23.3. The van der Waals surface area contributed by atoms with Crippen LogP contribution in [0.2, 0.25) is 0 Å². The van der Waals surface area contributed by atoms with Crippen LogP contribution in [0.4, 0.5) is 11.5 Å². The summed E-state index contributed by atoms with van der Waals surface area (Å²) in [7, 11) is 3.67. The molecule has 1 fully saturated rings. The van der Waals surface area contributed by atoms with Gasteiger partial charge in [0.25, 0.3) is 5.56 Å². The van der Waals surface area contributed by atoms with Crippen molar-refractivity contribution in [1.29, 1.82) is 0 Å². The Morgan fingerprint density at radius 3 is 2.69 bits per heavy atom. The lowest BCUT2D eigenvalue weighted by Gasteiger charge is -2.42. The van der Waals surface area contributed by atoms with Crippen LogP contribution in [0.5, 0.6) is 0 Å². The van der Waals surface area contributed by atoms with Crippen LogP contribution in [0.1, 0.15) is 26.7 Å². The van der Waals surface area contributed by atoms with Gasteiger partial charge in [-0.1, -0.05) is 35.9 Å². The molecule has 2 aliphatic rings. The minimum Gasteiger partial charge on any atom is -0.327 e. The van der Waals surface area contributed by atoms with E-state index in [2.05, 4.69) is 20.9 Å². The fourth-order valence-corrected chi connectivity index (χ4v) is 5.40. The van der Waals surface area contributed by atoms with E-state index < -0.39 is 5.69 Å². The molecule has 0 radical (unpaired) electrons. The molecular formula is C26H33N7O2. The average molecular weight is 476 g/mol. The standard InChI is InChI=1S/C26H33N7O2/c1-17(2)12-15-32-21-23(29(3)25(32)31-14-7-9-19(27)16-31)30(4)26(35)33(24(21)34)22-20-10-6-5-8-18(20)11-13-28-22/h5-6,8,10-13,19,25H,7,9,14-16,27H2,1-4H3. The van der Waals surface area contributed by atoms with Crippen molar-refractivity contribution >= 4 is 22.3 Å². The van der Waals surface area contributed by atoms with Gasteiger partial charge in [-0.3, -0.25) is 14.3 Å². The first-order chi connectivity index (χ1) is 16.8. The maximum atomic E-state index is 14.1. The van der Waals surface area contributed by atoms with Crippen molar-refractivity contribution in [3.05, 3.63) is 69.0 Å². The Bertz CT molecular complexity index is 1410. The van der Waals surface area contributed by atoms with Crippen LogP contribution in [0, 0.1) is 0 Å². The summed E-state index contributed by atoms with van der Waals surface area (Å²) in [6.07, 6.45) is 5.54. The van der Waals surface area contributed by atoms with Gasteiger partial charge in [-0.2, -0.15) is 0 Å². The van der Waals surface area contributed by atoms with E-state index in [0.717, 1.165) is 42.3 Å². The number of pyridine rings is 1. The quantitative estimate of drug-likeness (QED) is 0.577. The fraction of sp³-hybridized carbons (Fsp3) is 0.423. The number of nitrogens with two attached hydrogens (primary N) is 1. The third-order valence-electron chi connectivity index (χ3n) is 7.04. The van der Waals surface area contributed by atoms with Crippen molar-refractivity contribution in [1.82, 2.24) is 19.0 Å². The molecule has 2 aliphatic heterocycles. The molecule has 1 aromatic carbocycles. The van der Waals surface area contributed by atoms with Gasteiger partial charge < -0.3 is 15.5 Å². The van der Waals surface area contributed by atoms with Gasteiger partial charge in [-0.15, -0.1) is 0 Å². The number of hydrogen-bond acceptors (Lipinski definition) is 7. The number of piperidine rings is 1. The zero-order valence-electron chi connectivity index (χ0n) is 20.8. The van der Waals surface area contributed by atoms with Crippen LogP contribution in [0.15, 0.2) is 57.8 Å². The topological polar surface area (TPSA) is 92.6 Å². The Hall–Kier alpha value is -3.43. The second-order valence-corrected chi connectivity index (χ2v) is 9.80. The molecule has 9 heteroatoms. The Kier molecular flexibility index (Phi) is 5.98. The first-order valence-electron chi connectivity index (χ1n) is 12.1. The molecule has 5 rings (SSSR count). The van der Waals surface area contributed by atoms with Gasteiger partial charge in [0, 0.05) is 51.4 Å². The van der Waals surface area contributed by atoms with Crippen molar-refractivity contribution in [2.45, 2.75) is 39.0 Å². The van der Waals surface area contributed by atoms with E-state index in [1.54, 1.807) is 17.8 Å². The van der Waals surface area contributed by atoms with Gasteiger partial charge in [0.05, 0.1) is 0 Å². The van der Waals surface area contributed by atoms with E-state index in [9.17, 15) is 9.59 Å². The molecule has 0 amide bonds.